The van der Waals surface area contributed by atoms with Gasteiger partial charge in [-0.05, 0) is 49.9 Å². The number of likely N-dealkylation sites (N-methyl/N-ethyl adjacent to an activating group) is 1. The van der Waals surface area contributed by atoms with E-state index in [4.69, 9.17) is 27.9 Å². The van der Waals surface area contributed by atoms with Crippen LogP contribution in [0.5, 0.6) is 5.75 Å². The number of carbonyl (C=O) groups is 2. The van der Waals surface area contributed by atoms with Gasteiger partial charge in [-0.2, -0.15) is 13.2 Å². The summed E-state index contributed by atoms with van der Waals surface area (Å²) in [5.41, 5.74) is 1.72. The third-order valence-corrected chi connectivity index (χ3v) is 7.50. The van der Waals surface area contributed by atoms with Crippen molar-refractivity contribution in [2.45, 2.75) is 58.0 Å². The van der Waals surface area contributed by atoms with Gasteiger partial charge in [0.1, 0.15) is 11.9 Å². The predicted octanol–water partition coefficient (Wildman–Crippen LogP) is 5.56. The lowest BCUT2D eigenvalue weighted by Crippen LogP contribution is -2.47. The van der Waals surface area contributed by atoms with Crippen LogP contribution in [0, 0.1) is 5.92 Å². The maximum atomic E-state index is 13.3. The maximum absolute atomic E-state index is 13.3. The Kier molecular flexibility index (Phi) is 11.1. The number of nitrogens with one attached hydrogen (secondary N) is 1. The van der Waals surface area contributed by atoms with Crippen LogP contribution in [0.15, 0.2) is 36.4 Å². The van der Waals surface area contributed by atoms with Crippen molar-refractivity contribution in [3.8, 4) is 5.75 Å². The number of rotatable bonds is 9. The molecule has 3 rings (SSSR count). The van der Waals surface area contributed by atoms with E-state index in [-0.39, 0.29) is 36.6 Å². The van der Waals surface area contributed by atoms with Crippen molar-refractivity contribution in [1.29, 1.82) is 0 Å². The van der Waals surface area contributed by atoms with Crippen LogP contribution in [-0.4, -0.2) is 71.8 Å². The van der Waals surface area contributed by atoms with Crippen molar-refractivity contribution in [2.75, 3.05) is 32.1 Å². The Labute approximate surface area is 242 Å². The van der Waals surface area contributed by atoms with E-state index >= 15 is 0 Å². The Balaban J connectivity index is 1.85. The number of nitrogens with zero attached hydrogens (tertiary/aromatic N) is 2. The minimum Gasteiger partial charge on any atom is -0.488 e. The molecule has 12 heteroatoms. The normalized spacial score (nSPS) is 18.9. The molecule has 0 saturated carbocycles. The average Bonchev–Trinajstić information content (AvgIpc) is 2.92. The molecule has 2 aromatic rings. The summed E-state index contributed by atoms with van der Waals surface area (Å²) in [6.07, 6.45) is -6.80. The standard InChI is InChI=1S/C28H34Cl2F3N3O4/c1-17-13-36(18(2)16-37)27(39)12-20-11-21(34-26(38)8-9-28(31,32)33)5-7-24(20)40-25(17)15-35(3)14-19-4-6-22(29)23(30)10-19/h4-7,10-11,17-18,25,37H,8-9,12-16H2,1-3H3,(H,34,38)/t17-,18+,25+/m1/s1. The van der Waals surface area contributed by atoms with Crippen LogP contribution in [0.2, 0.25) is 10.0 Å². The lowest BCUT2D eigenvalue weighted by molar-refractivity contribution is -0.142. The van der Waals surface area contributed by atoms with Crippen molar-refractivity contribution >= 4 is 40.7 Å². The molecule has 220 valence electrons. The summed E-state index contributed by atoms with van der Waals surface area (Å²) in [5, 5.41) is 13.2. The second kappa shape index (κ2) is 13.9. The molecule has 0 aromatic heterocycles. The summed E-state index contributed by atoms with van der Waals surface area (Å²) in [4.78, 5) is 29.1. The molecule has 0 radical (unpaired) electrons. The number of hydrogen-bond donors (Lipinski definition) is 2. The topological polar surface area (TPSA) is 82.1 Å². The second-order valence-electron chi connectivity index (χ2n) is 10.3. The number of amides is 2. The van der Waals surface area contributed by atoms with Gasteiger partial charge in [0, 0.05) is 43.2 Å². The Bertz CT molecular complexity index is 1200. The highest BCUT2D eigenvalue weighted by Gasteiger charge is 2.31. The van der Waals surface area contributed by atoms with Crippen molar-refractivity contribution < 1.29 is 32.6 Å². The minimum absolute atomic E-state index is 0.0650. The van der Waals surface area contributed by atoms with E-state index in [2.05, 4.69) is 10.2 Å². The minimum atomic E-state index is -4.44. The van der Waals surface area contributed by atoms with Gasteiger partial charge >= 0.3 is 6.18 Å². The number of alkyl halides is 3. The van der Waals surface area contributed by atoms with E-state index in [0.29, 0.717) is 41.0 Å². The van der Waals surface area contributed by atoms with Crippen molar-refractivity contribution in [1.82, 2.24) is 9.80 Å². The molecule has 2 amide bonds. The van der Waals surface area contributed by atoms with Crippen LogP contribution < -0.4 is 10.1 Å². The van der Waals surface area contributed by atoms with Crippen molar-refractivity contribution in [2.24, 2.45) is 5.92 Å². The third-order valence-electron chi connectivity index (χ3n) is 6.76. The van der Waals surface area contributed by atoms with Gasteiger partial charge in [-0.15, -0.1) is 0 Å². The van der Waals surface area contributed by atoms with Crippen LogP contribution in [-0.2, 0) is 22.6 Å². The van der Waals surface area contributed by atoms with Gasteiger partial charge in [-0.1, -0.05) is 36.2 Å². The number of aliphatic hydroxyl groups is 1. The van der Waals surface area contributed by atoms with Gasteiger partial charge in [0.05, 0.1) is 35.5 Å². The largest absolute Gasteiger partial charge is 0.488 e. The number of hydrogen-bond acceptors (Lipinski definition) is 5. The van der Waals surface area contributed by atoms with Crippen LogP contribution >= 0.6 is 23.2 Å². The summed E-state index contributed by atoms with van der Waals surface area (Å²) in [6, 6.07) is 9.71. The van der Waals surface area contributed by atoms with Crippen LogP contribution in [0.1, 0.15) is 37.8 Å². The first-order valence-corrected chi connectivity index (χ1v) is 13.7. The monoisotopic (exact) mass is 603 g/mol. The summed E-state index contributed by atoms with van der Waals surface area (Å²) < 4.78 is 44.0. The maximum Gasteiger partial charge on any atom is 0.389 e. The fourth-order valence-electron chi connectivity index (χ4n) is 4.53. The van der Waals surface area contributed by atoms with E-state index in [1.165, 1.54) is 0 Å². The average molecular weight is 604 g/mol. The Morgan fingerprint density at radius 2 is 1.95 bits per heavy atom. The van der Waals surface area contributed by atoms with Crippen molar-refractivity contribution in [3.63, 3.8) is 0 Å². The highest BCUT2D eigenvalue weighted by Crippen LogP contribution is 2.30. The quantitative estimate of drug-likeness (QED) is 0.392. The van der Waals surface area contributed by atoms with Gasteiger partial charge in [-0.25, -0.2) is 0 Å². The van der Waals surface area contributed by atoms with Gasteiger partial charge in [-0.3, -0.25) is 14.5 Å². The fourth-order valence-corrected chi connectivity index (χ4v) is 4.85. The van der Waals surface area contributed by atoms with Gasteiger partial charge in [0.2, 0.25) is 11.8 Å². The number of benzene rings is 2. The molecular formula is C28H34Cl2F3N3O4. The zero-order valence-corrected chi connectivity index (χ0v) is 24.1. The van der Waals surface area contributed by atoms with Gasteiger partial charge in [0.15, 0.2) is 0 Å². The molecule has 1 heterocycles. The first kappa shape index (κ1) is 32.0. The number of fused-ring (bicyclic) bond motifs is 1. The van der Waals surface area contributed by atoms with Crippen LogP contribution in [0.4, 0.5) is 18.9 Å². The summed E-state index contributed by atoms with van der Waals surface area (Å²) in [7, 11) is 1.94. The number of carbonyl (C=O) groups excluding carboxylic acids is 2. The molecular weight excluding hydrogens is 570 g/mol. The highest BCUT2D eigenvalue weighted by atomic mass is 35.5. The third kappa shape index (κ3) is 9.26. The molecule has 3 atom stereocenters. The molecule has 40 heavy (non-hydrogen) atoms. The highest BCUT2D eigenvalue weighted by molar-refractivity contribution is 6.42. The SMILES string of the molecule is C[C@@H]1CN([C@@H](C)CO)C(=O)Cc2cc(NC(=O)CCC(F)(F)F)ccc2O[C@H]1CN(C)Cc1ccc(Cl)c(Cl)c1. The zero-order valence-electron chi connectivity index (χ0n) is 22.6. The molecule has 0 saturated heterocycles. The summed E-state index contributed by atoms with van der Waals surface area (Å²) in [5.74, 6) is -0.691. The smallest absolute Gasteiger partial charge is 0.389 e. The molecule has 0 fully saturated rings. The molecule has 0 bridgehead atoms. The Morgan fingerprint density at radius 3 is 2.60 bits per heavy atom. The van der Waals surface area contributed by atoms with Gasteiger partial charge in [0.25, 0.3) is 0 Å². The molecule has 2 N–H and O–H groups in total. The van der Waals surface area contributed by atoms with E-state index in [9.17, 15) is 27.9 Å². The van der Waals surface area contributed by atoms with E-state index < -0.39 is 31.0 Å². The Hall–Kier alpha value is -2.53. The molecule has 1 aliphatic heterocycles. The van der Waals surface area contributed by atoms with E-state index in [0.717, 1.165) is 5.56 Å². The first-order valence-electron chi connectivity index (χ1n) is 12.9. The molecule has 7 nitrogen and oxygen atoms in total. The lowest BCUT2D eigenvalue weighted by Gasteiger charge is -2.34. The molecule has 2 aromatic carbocycles. The molecule has 0 unspecified atom stereocenters. The fraction of sp³-hybridized carbons (Fsp3) is 0.500. The number of anilines is 1. The van der Waals surface area contributed by atoms with Crippen LogP contribution in [0.25, 0.3) is 0 Å². The van der Waals surface area contributed by atoms with E-state index in [1.807, 2.05) is 20.0 Å². The second-order valence-corrected chi connectivity index (χ2v) is 11.1. The van der Waals surface area contributed by atoms with Crippen molar-refractivity contribution in [3.05, 3.63) is 57.6 Å². The van der Waals surface area contributed by atoms with Gasteiger partial charge < -0.3 is 20.1 Å². The number of aliphatic hydroxyl groups excluding tert-OH is 1. The predicted molar refractivity (Wildman–Crippen MR) is 149 cm³/mol. The zero-order chi connectivity index (χ0) is 29.6. The lowest BCUT2D eigenvalue weighted by atomic mass is 10.0. The number of ether oxygens (including phenoxy) is 1. The molecule has 0 aliphatic carbocycles. The Morgan fingerprint density at radius 1 is 1.23 bits per heavy atom. The van der Waals surface area contributed by atoms with Crippen LogP contribution in [0.3, 0.4) is 0 Å². The first-order chi connectivity index (χ1) is 18.8. The summed E-state index contributed by atoms with van der Waals surface area (Å²) in [6.45, 7) is 4.92. The summed E-state index contributed by atoms with van der Waals surface area (Å²) >= 11 is 12.2. The van der Waals surface area contributed by atoms with E-state index in [1.54, 1.807) is 42.2 Å². The number of halogens is 5. The molecule has 0 spiro atoms. The molecule has 1 aliphatic rings.